The van der Waals surface area contributed by atoms with Crippen LogP contribution >= 0.6 is 0 Å². The second kappa shape index (κ2) is 13.2. The summed E-state index contributed by atoms with van der Waals surface area (Å²) in [5, 5.41) is 22.5. The van der Waals surface area contributed by atoms with Gasteiger partial charge in [-0.1, -0.05) is 31.3 Å². The van der Waals surface area contributed by atoms with Gasteiger partial charge in [-0.2, -0.15) is 0 Å². The van der Waals surface area contributed by atoms with Crippen LogP contribution in [0.25, 0.3) is 0 Å². The van der Waals surface area contributed by atoms with E-state index in [0.29, 0.717) is 35.1 Å². The normalized spacial score (nSPS) is 20.2. The Hall–Kier alpha value is -3.80. The molecule has 1 aromatic carbocycles. The standard InChI is InChI=1S/C29H42N6O6/c1-17-14-35(18(2)16-36)27(37)23-13-22(31-28(38)30-21-9-7-6-8-10-21)11-12-24(23)40-25(17)15-34(5)29(39)32-26-19(3)33-41-20(26)4/h11-13,17-18,21,25,36H,6-10,14-16H2,1-5H3,(H,32,39)(H2,30,31,38)/t17-,18+,25-/m1/s1. The Morgan fingerprint density at radius 3 is 2.59 bits per heavy atom. The Bertz CT molecular complexity index is 1220. The van der Waals surface area contributed by atoms with Crippen LogP contribution in [0.4, 0.5) is 21.0 Å². The van der Waals surface area contributed by atoms with Crippen molar-refractivity contribution in [1.82, 2.24) is 20.3 Å². The lowest BCUT2D eigenvalue weighted by Crippen LogP contribution is -2.50. The Morgan fingerprint density at radius 2 is 1.93 bits per heavy atom. The summed E-state index contributed by atoms with van der Waals surface area (Å²) in [6.45, 7) is 7.54. The van der Waals surface area contributed by atoms with Crippen molar-refractivity contribution in [1.29, 1.82) is 0 Å². The summed E-state index contributed by atoms with van der Waals surface area (Å²) in [7, 11) is 1.67. The van der Waals surface area contributed by atoms with Crippen LogP contribution in [0.1, 0.15) is 67.8 Å². The van der Waals surface area contributed by atoms with Gasteiger partial charge >= 0.3 is 12.1 Å². The molecule has 224 valence electrons. The Kier molecular flexibility index (Phi) is 9.74. The van der Waals surface area contributed by atoms with Gasteiger partial charge in [0, 0.05) is 31.2 Å². The topological polar surface area (TPSA) is 149 Å². The van der Waals surface area contributed by atoms with Crippen LogP contribution < -0.4 is 20.7 Å². The summed E-state index contributed by atoms with van der Waals surface area (Å²) in [5.74, 6) is 0.388. The van der Waals surface area contributed by atoms with E-state index in [9.17, 15) is 19.5 Å². The third-order valence-electron chi connectivity index (χ3n) is 7.93. The zero-order chi connectivity index (χ0) is 29.7. The van der Waals surface area contributed by atoms with Gasteiger partial charge in [-0.25, -0.2) is 9.59 Å². The number of fused-ring (bicyclic) bond motifs is 1. The maximum Gasteiger partial charge on any atom is 0.321 e. The van der Waals surface area contributed by atoms with Gasteiger partial charge < -0.3 is 40.1 Å². The molecule has 5 amide bonds. The molecule has 1 aliphatic carbocycles. The number of rotatable bonds is 7. The van der Waals surface area contributed by atoms with Gasteiger partial charge in [-0.3, -0.25) is 4.79 Å². The van der Waals surface area contributed by atoms with E-state index in [1.807, 2.05) is 6.92 Å². The van der Waals surface area contributed by atoms with Crippen molar-refractivity contribution in [2.45, 2.75) is 78.0 Å². The smallest absolute Gasteiger partial charge is 0.321 e. The average molecular weight is 571 g/mol. The predicted molar refractivity (Wildman–Crippen MR) is 154 cm³/mol. The van der Waals surface area contributed by atoms with Crippen LogP contribution in [-0.4, -0.2) is 83.0 Å². The fraction of sp³-hybridized carbons (Fsp3) is 0.586. The summed E-state index contributed by atoms with van der Waals surface area (Å²) in [6.07, 6.45) is 4.85. The van der Waals surface area contributed by atoms with Crippen LogP contribution in [0.5, 0.6) is 5.75 Å². The monoisotopic (exact) mass is 570 g/mol. The van der Waals surface area contributed by atoms with Crippen molar-refractivity contribution >= 4 is 29.3 Å². The Morgan fingerprint density at radius 1 is 1.20 bits per heavy atom. The average Bonchev–Trinajstić information content (AvgIpc) is 3.27. The lowest BCUT2D eigenvalue weighted by Gasteiger charge is -2.38. The molecule has 0 spiro atoms. The number of anilines is 2. The minimum atomic E-state index is -0.468. The van der Waals surface area contributed by atoms with Crippen molar-refractivity contribution in [3.63, 3.8) is 0 Å². The van der Waals surface area contributed by atoms with Gasteiger partial charge in [0.1, 0.15) is 23.2 Å². The predicted octanol–water partition coefficient (Wildman–Crippen LogP) is 4.13. The molecule has 2 heterocycles. The highest BCUT2D eigenvalue weighted by Gasteiger charge is 2.34. The minimum Gasteiger partial charge on any atom is -0.487 e. The van der Waals surface area contributed by atoms with E-state index in [-0.39, 0.29) is 48.6 Å². The zero-order valence-corrected chi connectivity index (χ0v) is 24.5. The number of carbonyl (C=O) groups is 3. The van der Waals surface area contributed by atoms with Crippen LogP contribution in [0.2, 0.25) is 0 Å². The summed E-state index contributed by atoms with van der Waals surface area (Å²) in [4.78, 5) is 42.5. The first-order chi connectivity index (χ1) is 19.6. The molecule has 1 fully saturated rings. The number of aliphatic hydroxyl groups excluding tert-OH is 1. The fourth-order valence-corrected chi connectivity index (χ4v) is 5.33. The van der Waals surface area contributed by atoms with Crippen molar-refractivity contribution in [2.24, 2.45) is 5.92 Å². The number of likely N-dealkylation sites (N-methyl/N-ethyl adjacent to an activating group) is 1. The summed E-state index contributed by atoms with van der Waals surface area (Å²) in [6, 6.07) is 4.02. The fourth-order valence-electron chi connectivity index (χ4n) is 5.33. The van der Waals surface area contributed by atoms with Gasteiger partial charge in [0.05, 0.1) is 24.8 Å². The Balaban J connectivity index is 1.53. The number of aromatic nitrogens is 1. The molecule has 1 saturated carbocycles. The second-order valence-corrected chi connectivity index (χ2v) is 11.3. The molecule has 0 bridgehead atoms. The lowest BCUT2D eigenvalue weighted by atomic mass is 9.96. The molecule has 1 aromatic heterocycles. The molecule has 12 nitrogen and oxygen atoms in total. The highest BCUT2D eigenvalue weighted by Crippen LogP contribution is 2.31. The van der Waals surface area contributed by atoms with Gasteiger partial charge in [-0.15, -0.1) is 0 Å². The van der Waals surface area contributed by atoms with Crippen LogP contribution in [0.3, 0.4) is 0 Å². The maximum atomic E-state index is 13.7. The second-order valence-electron chi connectivity index (χ2n) is 11.3. The minimum absolute atomic E-state index is 0.146. The number of aliphatic hydroxyl groups is 1. The molecule has 3 atom stereocenters. The van der Waals surface area contributed by atoms with E-state index in [4.69, 9.17) is 9.26 Å². The molecule has 12 heteroatoms. The summed E-state index contributed by atoms with van der Waals surface area (Å²) < 4.78 is 11.5. The number of ether oxygens (including phenoxy) is 1. The molecule has 4 N–H and O–H groups in total. The van der Waals surface area contributed by atoms with Gasteiger partial charge in [-0.05, 0) is 51.8 Å². The van der Waals surface area contributed by atoms with Gasteiger partial charge in [0.15, 0.2) is 5.76 Å². The van der Waals surface area contributed by atoms with Crippen molar-refractivity contribution in [3.8, 4) is 5.75 Å². The summed E-state index contributed by atoms with van der Waals surface area (Å²) >= 11 is 0. The van der Waals surface area contributed by atoms with Crippen molar-refractivity contribution < 1.29 is 28.8 Å². The number of carbonyl (C=O) groups excluding carboxylic acids is 3. The third-order valence-corrected chi connectivity index (χ3v) is 7.93. The number of hydrogen-bond donors (Lipinski definition) is 4. The molecule has 0 saturated heterocycles. The molecule has 0 radical (unpaired) electrons. The first-order valence-corrected chi connectivity index (χ1v) is 14.3. The number of urea groups is 2. The first kappa shape index (κ1) is 30.2. The van der Waals surface area contributed by atoms with Crippen LogP contribution in [-0.2, 0) is 0 Å². The molecule has 41 heavy (non-hydrogen) atoms. The molecular formula is C29H42N6O6. The summed E-state index contributed by atoms with van der Waals surface area (Å²) in [5.41, 5.74) is 1.85. The quantitative estimate of drug-likeness (QED) is 0.391. The van der Waals surface area contributed by atoms with Crippen molar-refractivity contribution in [3.05, 3.63) is 35.2 Å². The van der Waals surface area contributed by atoms with Crippen LogP contribution in [0, 0.1) is 19.8 Å². The lowest BCUT2D eigenvalue weighted by molar-refractivity contribution is 0.0371. The van der Waals surface area contributed by atoms with E-state index < -0.39 is 12.1 Å². The molecule has 0 unspecified atom stereocenters. The number of aryl methyl sites for hydroxylation is 2. The molecule has 1 aliphatic heterocycles. The number of nitrogens with one attached hydrogen (secondary N) is 3. The first-order valence-electron chi connectivity index (χ1n) is 14.3. The highest BCUT2D eigenvalue weighted by molar-refractivity contribution is 5.99. The van der Waals surface area contributed by atoms with E-state index in [2.05, 4.69) is 21.1 Å². The van der Waals surface area contributed by atoms with E-state index >= 15 is 0 Å². The molecular weight excluding hydrogens is 528 g/mol. The van der Waals surface area contributed by atoms with Gasteiger partial charge in [0.2, 0.25) is 0 Å². The van der Waals surface area contributed by atoms with Gasteiger partial charge in [0.25, 0.3) is 5.91 Å². The van der Waals surface area contributed by atoms with E-state index in [0.717, 1.165) is 25.7 Å². The van der Waals surface area contributed by atoms with Crippen molar-refractivity contribution in [2.75, 3.05) is 37.4 Å². The van der Waals surface area contributed by atoms with E-state index in [1.165, 1.54) is 11.3 Å². The number of amides is 5. The number of benzene rings is 1. The number of hydrogen-bond acceptors (Lipinski definition) is 7. The van der Waals surface area contributed by atoms with E-state index in [1.54, 1.807) is 50.9 Å². The largest absolute Gasteiger partial charge is 0.487 e. The number of nitrogens with zero attached hydrogens (tertiary/aromatic N) is 3. The zero-order valence-electron chi connectivity index (χ0n) is 24.5. The molecule has 4 rings (SSSR count). The maximum absolute atomic E-state index is 13.7. The Labute approximate surface area is 240 Å². The SMILES string of the molecule is Cc1noc(C)c1NC(=O)N(C)C[C@H]1Oc2ccc(NC(=O)NC3CCCCC3)cc2C(=O)N([C@@H](C)CO)C[C@H]1C. The van der Waals surface area contributed by atoms with Crippen LogP contribution in [0.15, 0.2) is 22.7 Å². The molecule has 2 aromatic rings. The third kappa shape index (κ3) is 7.29. The highest BCUT2D eigenvalue weighted by atomic mass is 16.5. The molecule has 2 aliphatic rings.